The summed E-state index contributed by atoms with van der Waals surface area (Å²) in [6.45, 7) is 1.58. The van der Waals surface area contributed by atoms with Crippen LogP contribution in [0, 0.1) is 0 Å². The van der Waals surface area contributed by atoms with Gasteiger partial charge in [0.25, 0.3) is 0 Å². The molecule has 1 fully saturated rings. The third kappa shape index (κ3) is 3.81. The van der Waals surface area contributed by atoms with E-state index in [1.807, 2.05) is 6.92 Å². The molecule has 0 spiro atoms. The Labute approximate surface area is 135 Å². The number of nitrogens with two attached hydrogens (primary N) is 2. The lowest BCUT2D eigenvalue weighted by Crippen LogP contribution is -2.35. The second-order valence-electron chi connectivity index (χ2n) is 5.36. The highest BCUT2D eigenvalue weighted by Crippen LogP contribution is 2.34. The highest BCUT2D eigenvalue weighted by molar-refractivity contribution is 5.77. The number of imidazole rings is 1. The number of carbonyl (C=O) groups excluding carboxylic acids is 1. The quantitative estimate of drug-likeness (QED) is 0.475. The second-order valence-corrected chi connectivity index (χ2v) is 5.36. The number of anilines is 1. The number of nitrogen functional groups attached to an aromatic ring is 1. The number of hydrogen-bond donors (Lipinski definition) is 4. The minimum atomic E-state index is -1.08. The first-order chi connectivity index (χ1) is 11.4. The van der Waals surface area contributed by atoms with E-state index in [2.05, 4.69) is 4.98 Å². The number of aliphatic hydroxyl groups excluding tert-OH is 2. The van der Waals surface area contributed by atoms with Gasteiger partial charge in [-0.15, -0.1) is 0 Å². The molecule has 5 atom stereocenters. The van der Waals surface area contributed by atoms with Crippen molar-refractivity contribution in [3.8, 4) is 0 Å². The fraction of sp³-hybridized carbons (Fsp3) is 0.714. The van der Waals surface area contributed by atoms with E-state index in [1.54, 1.807) is 0 Å². The van der Waals surface area contributed by atoms with Gasteiger partial charge in [-0.25, -0.2) is 4.98 Å². The first kappa shape index (κ1) is 16.2. The van der Waals surface area contributed by atoms with Gasteiger partial charge >= 0.3 is 0 Å². The van der Waals surface area contributed by atoms with E-state index < -0.39 is 43.5 Å². The van der Waals surface area contributed by atoms with E-state index >= 15 is 0 Å². The maximum atomic E-state index is 11.0. The van der Waals surface area contributed by atoms with E-state index in [0.29, 0.717) is 12.1 Å². The molecule has 0 aliphatic carbocycles. The van der Waals surface area contributed by atoms with Gasteiger partial charge in [0, 0.05) is 7.98 Å². The Kier molecular flexibility index (Phi) is 5.44. The van der Waals surface area contributed by atoms with Gasteiger partial charge in [0.2, 0.25) is 5.91 Å². The molecule has 130 valence electrons. The summed E-state index contributed by atoms with van der Waals surface area (Å²) >= 11 is 0. The number of aliphatic hydroxyl groups is 2. The molecular weight excluding hydrogens is 304 g/mol. The van der Waals surface area contributed by atoms with Crippen LogP contribution in [0.2, 0.25) is 0 Å². The van der Waals surface area contributed by atoms with Crippen LogP contribution in [0.1, 0.15) is 33.0 Å². The average molecular weight is 329 g/mol. The third-order valence-electron chi connectivity index (χ3n) is 3.72. The zero-order valence-electron chi connectivity index (χ0n) is 14.0. The minimum absolute atomic E-state index is 0.110. The van der Waals surface area contributed by atoms with Crippen LogP contribution in [-0.4, -0.2) is 57.2 Å². The van der Waals surface area contributed by atoms with Crippen molar-refractivity contribution in [2.75, 3.05) is 18.9 Å². The normalized spacial score (nSPS) is 29.4. The molecule has 1 aliphatic heterocycles. The monoisotopic (exact) mass is 329 g/mol. The standard InChI is InChI=1S/C14H24N4O5/c1-2-3-4-22-12-11(21)9(6-19)23-14(12)18-7-17-8(13(18)16)5-10(15)20/h7,9,11-12,14,19,21H,2-6,16H2,1H3,(H2,15,20)/t9-,11-,12-,14?/m1/s1/i3D/t3?,9-,11-,12-,14?. The number of ether oxygens (including phenoxy) is 2. The average Bonchev–Trinajstić information content (AvgIpc) is 3.05. The van der Waals surface area contributed by atoms with Crippen LogP contribution in [0.15, 0.2) is 6.33 Å². The number of rotatable bonds is 8. The van der Waals surface area contributed by atoms with E-state index in [0.717, 1.165) is 0 Å². The SMILES string of the molecule is [2H]C(CC)CO[C@H]1C(n2cnc(CC(N)=O)c2N)O[C@H](CO)[C@H]1O. The van der Waals surface area contributed by atoms with Gasteiger partial charge < -0.3 is 31.2 Å². The summed E-state index contributed by atoms with van der Waals surface area (Å²) in [5.41, 5.74) is 11.4. The highest BCUT2D eigenvalue weighted by atomic mass is 16.6. The summed E-state index contributed by atoms with van der Waals surface area (Å²) in [5, 5.41) is 19.6. The number of amides is 1. The smallest absolute Gasteiger partial charge is 0.223 e. The summed E-state index contributed by atoms with van der Waals surface area (Å²) < 4.78 is 20.5. The van der Waals surface area contributed by atoms with E-state index in [4.69, 9.17) is 22.3 Å². The molecule has 1 saturated heterocycles. The van der Waals surface area contributed by atoms with Crippen LogP contribution in [0.5, 0.6) is 0 Å². The van der Waals surface area contributed by atoms with Crippen molar-refractivity contribution in [1.82, 2.24) is 9.55 Å². The molecular formula is C14H24N4O5. The number of hydrogen-bond acceptors (Lipinski definition) is 7. The molecule has 23 heavy (non-hydrogen) atoms. The van der Waals surface area contributed by atoms with Gasteiger partial charge in [0.1, 0.15) is 24.1 Å². The molecule has 2 unspecified atom stereocenters. The summed E-state index contributed by atoms with van der Waals surface area (Å²) in [5.74, 6) is -0.392. The van der Waals surface area contributed by atoms with Crippen LogP contribution in [-0.2, 0) is 20.7 Å². The Morgan fingerprint density at radius 3 is 3.00 bits per heavy atom. The predicted octanol–water partition coefficient (Wildman–Crippen LogP) is -1.07. The van der Waals surface area contributed by atoms with Gasteiger partial charge in [-0.05, 0) is 6.40 Å². The van der Waals surface area contributed by atoms with Crippen molar-refractivity contribution in [3.63, 3.8) is 0 Å². The van der Waals surface area contributed by atoms with Crippen molar-refractivity contribution in [1.29, 1.82) is 0 Å². The lowest BCUT2D eigenvalue weighted by atomic mass is 10.1. The molecule has 1 amide bonds. The van der Waals surface area contributed by atoms with Crippen molar-refractivity contribution < 1.29 is 25.9 Å². The molecule has 9 nitrogen and oxygen atoms in total. The third-order valence-corrected chi connectivity index (χ3v) is 3.72. The molecule has 1 aromatic heterocycles. The van der Waals surface area contributed by atoms with Crippen molar-refractivity contribution >= 4 is 11.7 Å². The van der Waals surface area contributed by atoms with Crippen LogP contribution >= 0.6 is 0 Å². The van der Waals surface area contributed by atoms with Gasteiger partial charge in [-0.1, -0.05) is 13.3 Å². The lowest BCUT2D eigenvalue weighted by Gasteiger charge is -2.22. The van der Waals surface area contributed by atoms with Crippen molar-refractivity contribution in [3.05, 3.63) is 12.0 Å². The van der Waals surface area contributed by atoms with Gasteiger partial charge in [-0.3, -0.25) is 9.36 Å². The molecule has 1 aliphatic rings. The Morgan fingerprint density at radius 2 is 2.39 bits per heavy atom. The molecule has 0 aromatic carbocycles. The topological polar surface area (TPSA) is 146 Å². The number of aromatic nitrogens is 2. The van der Waals surface area contributed by atoms with E-state index in [-0.39, 0.29) is 18.8 Å². The van der Waals surface area contributed by atoms with E-state index in [9.17, 15) is 15.0 Å². The minimum Gasteiger partial charge on any atom is -0.394 e. The summed E-state index contributed by atoms with van der Waals surface area (Å²) in [4.78, 5) is 15.1. The Hall–Kier alpha value is -1.68. The van der Waals surface area contributed by atoms with Gasteiger partial charge in [-0.2, -0.15) is 0 Å². The maximum absolute atomic E-state index is 11.0. The van der Waals surface area contributed by atoms with Crippen molar-refractivity contribution in [2.45, 2.75) is 50.7 Å². The maximum Gasteiger partial charge on any atom is 0.223 e. The van der Waals surface area contributed by atoms with Gasteiger partial charge in [0.05, 0.1) is 25.0 Å². The Balaban J connectivity index is 2.21. The molecule has 0 saturated carbocycles. The molecule has 0 radical (unpaired) electrons. The number of carbonyl (C=O) groups is 1. The fourth-order valence-corrected chi connectivity index (χ4v) is 2.48. The molecule has 6 N–H and O–H groups in total. The molecule has 2 heterocycles. The van der Waals surface area contributed by atoms with Crippen LogP contribution in [0.3, 0.4) is 0 Å². The second kappa shape index (κ2) is 7.73. The summed E-state index contributed by atoms with van der Waals surface area (Å²) in [6.07, 6.45) is -2.13. The zero-order valence-corrected chi connectivity index (χ0v) is 13.0. The first-order valence-electron chi connectivity index (χ1n) is 8.04. The molecule has 2 rings (SSSR count). The van der Waals surface area contributed by atoms with Gasteiger partial charge in [0.15, 0.2) is 6.23 Å². The fourth-order valence-electron chi connectivity index (χ4n) is 2.48. The largest absolute Gasteiger partial charge is 0.394 e. The number of nitrogens with zero attached hydrogens (tertiary/aromatic N) is 2. The molecule has 1 aromatic rings. The number of primary amides is 1. The predicted molar refractivity (Wildman–Crippen MR) is 81.2 cm³/mol. The van der Waals surface area contributed by atoms with E-state index in [1.165, 1.54) is 10.9 Å². The first-order valence-corrected chi connectivity index (χ1v) is 7.46. The summed E-state index contributed by atoms with van der Waals surface area (Å²) in [7, 11) is 0. The Morgan fingerprint density at radius 1 is 1.65 bits per heavy atom. The zero-order chi connectivity index (χ0) is 17.9. The van der Waals surface area contributed by atoms with Crippen LogP contribution in [0.25, 0.3) is 0 Å². The van der Waals surface area contributed by atoms with Crippen LogP contribution < -0.4 is 11.5 Å². The summed E-state index contributed by atoms with van der Waals surface area (Å²) in [6, 6.07) is 0. The lowest BCUT2D eigenvalue weighted by molar-refractivity contribution is -0.117. The Bertz CT molecular complexity index is 569. The molecule has 0 bridgehead atoms. The molecule has 9 heteroatoms. The highest BCUT2D eigenvalue weighted by Gasteiger charge is 2.45. The van der Waals surface area contributed by atoms with Crippen molar-refractivity contribution in [2.24, 2.45) is 5.73 Å². The van der Waals surface area contributed by atoms with Crippen LogP contribution in [0.4, 0.5) is 5.82 Å².